The first-order valence-corrected chi connectivity index (χ1v) is 14.7. The van der Waals surface area contributed by atoms with Gasteiger partial charge >= 0.3 is 0 Å². The molecule has 0 spiro atoms. The van der Waals surface area contributed by atoms with Gasteiger partial charge in [-0.2, -0.15) is 5.26 Å². The molecule has 0 N–H and O–H groups in total. The third-order valence-corrected chi connectivity index (χ3v) is 8.30. The van der Waals surface area contributed by atoms with Gasteiger partial charge < -0.3 is 0 Å². The van der Waals surface area contributed by atoms with E-state index in [0.717, 1.165) is 38.9 Å². The third-order valence-electron chi connectivity index (χ3n) is 8.30. The smallest absolute Gasteiger partial charge is 0.160 e. The zero-order valence-corrected chi connectivity index (χ0v) is 23.8. The highest BCUT2D eigenvalue weighted by molar-refractivity contribution is 6.27. The number of fused-ring (bicyclic) bond motifs is 4. The fourth-order valence-electron chi connectivity index (χ4n) is 6.28. The van der Waals surface area contributed by atoms with Gasteiger partial charge in [-0.1, -0.05) is 133 Å². The lowest BCUT2D eigenvalue weighted by atomic mass is 9.85. The average Bonchev–Trinajstić information content (AvgIpc) is 3.11. The van der Waals surface area contributed by atoms with Gasteiger partial charge in [-0.15, -0.1) is 0 Å². The lowest BCUT2D eigenvalue weighted by Crippen LogP contribution is -1.98. The summed E-state index contributed by atoms with van der Waals surface area (Å²) in [7, 11) is 0. The molecule has 1 aromatic heterocycles. The van der Waals surface area contributed by atoms with Gasteiger partial charge in [-0.05, 0) is 61.6 Å². The van der Waals surface area contributed by atoms with Gasteiger partial charge in [0, 0.05) is 16.7 Å². The number of nitriles is 1. The molecule has 8 rings (SSSR count). The Morgan fingerprint density at radius 2 is 1.02 bits per heavy atom. The molecule has 0 aliphatic heterocycles. The fraction of sp³-hybridized carbons (Fsp3) is 0. The monoisotopic (exact) mass is 559 g/mol. The highest BCUT2D eigenvalue weighted by Crippen LogP contribution is 2.46. The van der Waals surface area contributed by atoms with E-state index in [1.165, 1.54) is 32.7 Å². The van der Waals surface area contributed by atoms with Crippen molar-refractivity contribution in [2.45, 2.75) is 0 Å². The first-order chi connectivity index (χ1) is 21.8. The van der Waals surface area contributed by atoms with Crippen LogP contribution in [-0.4, -0.2) is 9.97 Å². The summed E-state index contributed by atoms with van der Waals surface area (Å²) in [6.45, 7) is 0. The molecule has 0 saturated heterocycles. The standard InChI is InChI=1S/C41H25N3/c42-26-27-19-21-29(22-20-27)36-25-37(44-41(43-36)31-14-5-2-6-15-31)39-34-18-10-9-17-33(34)38(30-12-3-1-4-13-30)40-32-16-8-7-11-28(32)23-24-35(39)40/h1-25H. The second-order valence-electron chi connectivity index (χ2n) is 10.9. The molecule has 3 nitrogen and oxygen atoms in total. The van der Waals surface area contributed by atoms with Gasteiger partial charge in [0.2, 0.25) is 0 Å². The van der Waals surface area contributed by atoms with E-state index in [4.69, 9.17) is 9.97 Å². The first kappa shape index (κ1) is 25.6. The third kappa shape index (κ3) is 4.29. The van der Waals surface area contributed by atoms with E-state index in [-0.39, 0.29) is 0 Å². The molecular weight excluding hydrogens is 534 g/mol. The molecule has 0 unspecified atom stereocenters. The summed E-state index contributed by atoms with van der Waals surface area (Å²) < 4.78 is 0. The largest absolute Gasteiger partial charge is 0.228 e. The minimum absolute atomic E-state index is 0.617. The SMILES string of the molecule is N#Cc1ccc(-c2cc(-c3c4ccccc4c(-c4ccccc4)c4c3ccc3ccccc34)nc(-c3ccccc3)n2)cc1. The molecule has 8 aromatic rings. The van der Waals surface area contributed by atoms with E-state index in [9.17, 15) is 5.26 Å². The molecule has 0 fully saturated rings. The quantitative estimate of drug-likeness (QED) is 0.159. The lowest BCUT2D eigenvalue weighted by molar-refractivity contribution is 1.19. The van der Waals surface area contributed by atoms with E-state index in [2.05, 4.69) is 103 Å². The topological polar surface area (TPSA) is 49.6 Å². The van der Waals surface area contributed by atoms with Crippen LogP contribution in [0.25, 0.3) is 77.3 Å². The fourth-order valence-corrected chi connectivity index (χ4v) is 6.28. The maximum atomic E-state index is 9.39. The van der Waals surface area contributed by atoms with Gasteiger partial charge in [0.25, 0.3) is 0 Å². The summed E-state index contributed by atoms with van der Waals surface area (Å²) in [6.07, 6.45) is 0. The molecule has 1 heterocycles. The Labute approximate surface area is 255 Å². The molecule has 0 radical (unpaired) electrons. The van der Waals surface area contributed by atoms with E-state index < -0.39 is 0 Å². The zero-order chi connectivity index (χ0) is 29.5. The highest BCUT2D eigenvalue weighted by atomic mass is 14.9. The van der Waals surface area contributed by atoms with Gasteiger partial charge in [-0.3, -0.25) is 0 Å². The van der Waals surface area contributed by atoms with Gasteiger partial charge in [-0.25, -0.2) is 9.97 Å². The number of rotatable bonds is 4. The molecule has 204 valence electrons. The Morgan fingerprint density at radius 3 is 1.73 bits per heavy atom. The maximum Gasteiger partial charge on any atom is 0.160 e. The van der Waals surface area contributed by atoms with Crippen LogP contribution in [0.3, 0.4) is 0 Å². The summed E-state index contributed by atoms with van der Waals surface area (Å²) in [5, 5.41) is 16.5. The van der Waals surface area contributed by atoms with Crippen molar-refractivity contribution >= 4 is 32.3 Å². The molecule has 0 amide bonds. The Morgan fingerprint density at radius 1 is 0.432 bits per heavy atom. The van der Waals surface area contributed by atoms with Gasteiger partial charge in [0.15, 0.2) is 5.82 Å². The van der Waals surface area contributed by atoms with Crippen LogP contribution in [0.5, 0.6) is 0 Å². The van der Waals surface area contributed by atoms with Crippen LogP contribution in [0.15, 0.2) is 152 Å². The number of aromatic nitrogens is 2. The van der Waals surface area contributed by atoms with Crippen LogP contribution in [0, 0.1) is 11.3 Å². The highest BCUT2D eigenvalue weighted by Gasteiger charge is 2.20. The minimum atomic E-state index is 0.617. The van der Waals surface area contributed by atoms with Crippen molar-refractivity contribution < 1.29 is 0 Å². The van der Waals surface area contributed by atoms with Crippen LogP contribution in [-0.2, 0) is 0 Å². The summed E-state index contributed by atoms with van der Waals surface area (Å²) in [5.41, 5.74) is 7.65. The summed E-state index contributed by atoms with van der Waals surface area (Å²) in [4.78, 5) is 10.3. The van der Waals surface area contributed by atoms with Crippen molar-refractivity contribution in [3.8, 4) is 51.1 Å². The molecule has 0 aliphatic rings. The number of hydrogen-bond acceptors (Lipinski definition) is 3. The van der Waals surface area contributed by atoms with Crippen LogP contribution in [0.2, 0.25) is 0 Å². The van der Waals surface area contributed by atoms with E-state index in [1.807, 2.05) is 54.6 Å². The normalized spacial score (nSPS) is 11.2. The van der Waals surface area contributed by atoms with E-state index in [1.54, 1.807) is 0 Å². The summed E-state index contributed by atoms with van der Waals surface area (Å²) in [5.74, 6) is 0.660. The predicted molar refractivity (Wildman–Crippen MR) is 181 cm³/mol. The molecule has 7 aromatic carbocycles. The van der Waals surface area contributed by atoms with Crippen LogP contribution in [0.1, 0.15) is 5.56 Å². The van der Waals surface area contributed by atoms with Gasteiger partial charge in [0.1, 0.15) is 0 Å². The second-order valence-corrected chi connectivity index (χ2v) is 10.9. The van der Waals surface area contributed by atoms with Crippen molar-refractivity contribution in [1.29, 1.82) is 5.26 Å². The number of nitrogens with zero attached hydrogens (tertiary/aromatic N) is 3. The van der Waals surface area contributed by atoms with Crippen LogP contribution < -0.4 is 0 Å². The summed E-state index contributed by atoms with van der Waals surface area (Å²) in [6, 6.07) is 54.4. The Hall–Kier alpha value is -6.11. The summed E-state index contributed by atoms with van der Waals surface area (Å²) >= 11 is 0. The molecule has 0 saturated carbocycles. The van der Waals surface area contributed by atoms with E-state index in [0.29, 0.717) is 11.4 Å². The predicted octanol–water partition coefficient (Wildman–Crippen LogP) is 10.5. The number of hydrogen-bond donors (Lipinski definition) is 0. The Kier molecular flexibility index (Phi) is 6.18. The lowest BCUT2D eigenvalue weighted by Gasteiger charge is -2.19. The van der Waals surface area contributed by atoms with Gasteiger partial charge in [0.05, 0.1) is 23.0 Å². The van der Waals surface area contributed by atoms with E-state index >= 15 is 0 Å². The first-order valence-electron chi connectivity index (χ1n) is 14.7. The van der Waals surface area contributed by atoms with Crippen molar-refractivity contribution in [2.24, 2.45) is 0 Å². The average molecular weight is 560 g/mol. The molecular formula is C41H25N3. The van der Waals surface area contributed by atoms with Crippen molar-refractivity contribution in [3.63, 3.8) is 0 Å². The number of benzene rings is 7. The molecule has 0 aliphatic carbocycles. The van der Waals surface area contributed by atoms with Crippen molar-refractivity contribution in [1.82, 2.24) is 9.97 Å². The molecule has 44 heavy (non-hydrogen) atoms. The van der Waals surface area contributed by atoms with Crippen molar-refractivity contribution in [3.05, 3.63) is 157 Å². The van der Waals surface area contributed by atoms with Crippen LogP contribution >= 0.6 is 0 Å². The second kappa shape index (κ2) is 10.6. The molecule has 0 bridgehead atoms. The molecule has 3 heteroatoms. The molecule has 0 atom stereocenters. The Bertz CT molecular complexity index is 2370. The van der Waals surface area contributed by atoms with Crippen LogP contribution in [0.4, 0.5) is 0 Å². The minimum Gasteiger partial charge on any atom is -0.228 e. The van der Waals surface area contributed by atoms with Crippen molar-refractivity contribution in [2.75, 3.05) is 0 Å². The Balaban J connectivity index is 1.52. The maximum absolute atomic E-state index is 9.39. The zero-order valence-electron chi connectivity index (χ0n) is 23.8.